The second kappa shape index (κ2) is 6.50. The number of morpholine rings is 1. The topological polar surface area (TPSA) is 53.1 Å². The molecule has 0 aromatic rings. The average Bonchev–Trinajstić information content (AvgIpc) is 2.81. The van der Waals surface area contributed by atoms with Gasteiger partial charge in [-0.2, -0.15) is 0 Å². The van der Waals surface area contributed by atoms with Crippen LogP contribution in [0.1, 0.15) is 6.92 Å². The molecule has 122 valence electrons. The zero-order chi connectivity index (χ0) is 14.9. The molecular weight excluding hydrogens is 290 g/mol. The van der Waals surface area contributed by atoms with Crippen molar-refractivity contribution in [2.45, 2.75) is 19.0 Å². The first-order chi connectivity index (χ1) is 10.1. The van der Waals surface area contributed by atoms with E-state index in [9.17, 15) is 8.42 Å². The molecule has 3 heterocycles. The number of fused-ring (bicyclic) bond motifs is 1. The summed E-state index contributed by atoms with van der Waals surface area (Å²) in [6.45, 7) is 10.7. The smallest absolute Gasteiger partial charge is 0.153 e. The molecule has 0 aromatic heterocycles. The van der Waals surface area contributed by atoms with Crippen molar-refractivity contribution in [3.8, 4) is 0 Å². The van der Waals surface area contributed by atoms with Gasteiger partial charge in [0.25, 0.3) is 0 Å². The van der Waals surface area contributed by atoms with Crippen LogP contribution >= 0.6 is 0 Å². The number of piperazine rings is 1. The van der Waals surface area contributed by atoms with E-state index in [-0.39, 0.29) is 12.1 Å². The Morgan fingerprint density at radius 1 is 0.952 bits per heavy atom. The van der Waals surface area contributed by atoms with Crippen LogP contribution in [0.25, 0.3) is 0 Å². The molecule has 3 saturated heterocycles. The first-order valence-electron chi connectivity index (χ1n) is 8.07. The minimum atomic E-state index is -2.86. The maximum absolute atomic E-state index is 12.0. The summed E-state index contributed by atoms with van der Waals surface area (Å²) >= 11 is 0. The van der Waals surface area contributed by atoms with Gasteiger partial charge in [0.05, 0.1) is 24.7 Å². The largest absolute Gasteiger partial charge is 0.379 e. The summed E-state index contributed by atoms with van der Waals surface area (Å²) < 4.78 is 29.4. The number of hydrogen-bond acceptors (Lipinski definition) is 6. The fourth-order valence-electron chi connectivity index (χ4n) is 3.86. The molecule has 7 heteroatoms. The summed E-state index contributed by atoms with van der Waals surface area (Å²) in [6, 6.07) is 0.406. The zero-order valence-corrected chi connectivity index (χ0v) is 13.7. The molecule has 0 unspecified atom stereocenters. The lowest BCUT2D eigenvalue weighted by atomic mass is 10.0. The normalized spacial score (nSPS) is 34.9. The summed E-state index contributed by atoms with van der Waals surface area (Å²) in [4.78, 5) is 7.19. The third-order valence-corrected chi connectivity index (χ3v) is 6.82. The lowest BCUT2D eigenvalue weighted by molar-refractivity contribution is 0.0147. The Hall–Kier alpha value is -0.210. The summed E-state index contributed by atoms with van der Waals surface area (Å²) in [7, 11) is -2.86. The van der Waals surface area contributed by atoms with Crippen LogP contribution in [0.3, 0.4) is 0 Å². The fraction of sp³-hybridized carbons (Fsp3) is 1.00. The molecule has 0 N–H and O–H groups in total. The van der Waals surface area contributed by atoms with E-state index >= 15 is 0 Å². The van der Waals surface area contributed by atoms with Gasteiger partial charge >= 0.3 is 0 Å². The number of ether oxygens (including phenoxy) is 1. The van der Waals surface area contributed by atoms with Gasteiger partial charge in [-0.3, -0.25) is 14.7 Å². The monoisotopic (exact) mass is 317 g/mol. The molecule has 3 aliphatic heterocycles. The van der Waals surface area contributed by atoms with Gasteiger partial charge in [0, 0.05) is 51.4 Å². The van der Waals surface area contributed by atoms with Gasteiger partial charge < -0.3 is 4.74 Å². The van der Waals surface area contributed by atoms with Crippen LogP contribution in [-0.2, 0) is 14.6 Å². The number of rotatable bonds is 4. The van der Waals surface area contributed by atoms with E-state index in [2.05, 4.69) is 21.6 Å². The minimum absolute atomic E-state index is 0.199. The Bertz CT molecular complexity index is 450. The molecule has 0 aliphatic carbocycles. The maximum atomic E-state index is 12.0. The van der Waals surface area contributed by atoms with Crippen molar-refractivity contribution in [3.05, 3.63) is 0 Å². The van der Waals surface area contributed by atoms with E-state index < -0.39 is 9.84 Å². The Morgan fingerprint density at radius 3 is 2.24 bits per heavy atom. The summed E-state index contributed by atoms with van der Waals surface area (Å²) in [6.07, 6.45) is 0. The molecule has 3 rings (SSSR count). The molecule has 6 nitrogen and oxygen atoms in total. The number of sulfone groups is 1. The van der Waals surface area contributed by atoms with Gasteiger partial charge in [0.2, 0.25) is 0 Å². The highest BCUT2D eigenvalue weighted by Crippen LogP contribution is 2.26. The second-order valence-electron chi connectivity index (χ2n) is 6.33. The van der Waals surface area contributed by atoms with Crippen LogP contribution in [0, 0.1) is 0 Å². The molecule has 3 fully saturated rings. The Balaban J connectivity index is 1.60. The van der Waals surface area contributed by atoms with Gasteiger partial charge in [-0.15, -0.1) is 0 Å². The molecule has 0 aromatic carbocycles. The van der Waals surface area contributed by atoms with Gasteiger partial charge in [0.15, 0.2) is 9.84 Å². The zero-order valence-electron chi connectivity index (χ0n) is 12.9. The van der Waals surface area contributed by atoms with E-state index in [1.165, 1.54) is 0 Å². The first kappa shape index (κ1) is 15.7. The highest BCUT2D eigenvalue weighted by molar-refractivity contribution is 7.91. The van der Waals surface area contributed by atoms with Crippen LogP contribution in [0.2, 0.25) is 0 Å². The molecule has 0 bridgehead atoms. The number of hydrogen-bond donors (Lipinski definition) is 0. The minimum Gasteiger partial charge on any atom is -0.379 e. The van der Waals surface area contributed by atoms with Gasteiger partial charge in [-0.05, 0) is 6.54 Å². The Morgan fingerprint density at radius 2 is 1.57 bits per heavy atom. The first-order valence-corrected chi connectivity index (χ1v) is 9.90. The quantitative estimate of drug-likeness (QED) is 0.671. The van der Waals surface area contributed by atoms with Crippen molar-refractivity contribution in [2.24, 2.45) is 0 Å². The molecule has 0 saturated carbocycles. The number of nitrogens with zero attached hydrogens (tertiary/aromatic N) is 3. The molecule has 0 amide bonds. The van der Waals surface area contributed by atoms with Crippen LogP contribution in [0.15, 0.2) is 0 Å². The van der Waals surface area contributed by atoms with Crippen molar-refractivity contribution in [1.82, 2.24) is 14.7 Å². The van der Waals surface area contributed by atoms with Crippen LogP contribution in [-0.4, -0.2) is 106 Å². The van der Waals surface area contributed by atoms with E-state index in [0.29, 0.717) is 11.5 Å². The third kappa shape index (κ3) is 3.59. The number of likely N-dealkylation sites (N-methyl/N-ethyl adjacent to an activating group) is 1. The molecule has 0 spiro atoms. The van der Waals surface area contributed by atoms with Gasteiger partial charge in [-0.25, -0.2) is 8.42 Å². The summed E-state index contributed by atoms with van der Waals surface area (Å²) in [5, 5.41) is 0. The van der Waals surface area contributed by atoms with Crippen LogP contribution in [0.4, 0.5) is 0 Å². The predicted molar refractivity (Wildman–Crippen MR) is 82.3 cm³/mol. The van der Waals surface area contributed by atoms with E-state index in [1.807, 2.05) is 0 Å². The molecule has 0 radical (unpaired) electrons. The Labute approximate surface area is 127 Å². The lowest BCUT2D eigenvalue weighted by Gasteiger charge is -2.44. The van der Waals surface area contributed by atoms with Crippen LogP contribution < -0.4 is 0 Å². The average molecular weight is 317 g/mol. The highest BCUT2D eigenvalue weighted by atomic mass is 32.2. The predicted octanol–water partition coefficient (Wildman–Crippen LogP) is -0.878. The third-order valence-electron chi connectivity index (χ3n) is 5.12. The van der Waals surface area contributed by atoms with Crippen molar-refractivity contribution in [1.29, 1.82) is 0 Å². The molecule has 2 atom stereocenters. The molecular formula is C14H27N3O3S. The van der Waals surface area contributed by atoms with Gasteiger partial charge in [0.1, 0.15) is 0 Å². The lowest BCUT2D eigenvalue weighted by Crippen LogP contribution is -2.60. The second-order valence-corrected chi connectivity index (χ2v) is 8.48. The maximum Gasteiger partial charge on any atom is 0.153 e. The standard InChI is InChI=1S/C14H27N3O3S/c1-2-16-5-6-17(4-3-15-7-9-20-10-8-15)14-12-21(18,19)11-13(14)16/h13-14H,2-12H2,1H3/t13-,14+/m1/s1. The van der Waals surface area contributed by atoms with Crippen molar-refractivity contribution in [2.75, 3.05) is 70.5 Å². The van der Waals surface area contributed by atoms with Crippen molar-refractivity contribution < 1.29 is 13.2 Å². The van der Waals surface area contributed by atoms with E-state index in [0.717, 1.165) is 59.0 Å². The molecule has 21 heavy (non-hydrogen) atoms. The van der Waals surface area contributed by atoms with Crippen molar-refractivity contribution in [3.63, 3.8) is 0 Å². The van der Waals surface area contributed by atoms with Crippen LogP contribution in [0.5, 0.6) is 0 Å². The van der Waals surface area contributed by atoms with E-state index in [4.69, 9.17) is 4.74 Å². The highest BCUT2D eigenvalue weighted by Gasteiger charge is 2.45. The Kier molecular flexibility index (Phi) is 4.85. The SMILES string of the molecule is CCN1CCN(CCN2CCOCC2)[C@H]2CS(=O)(=O)C[C@H]21. The van der Waals surface area contributed by atoms with Crippen molar-refractivity contribution >= 4 is 9.84 Å². The van der Waals surface area contributed by atoms with Gasteiger partial charge in [-0.1, -0.05) is 6.92 Å². The summed E-state index contributed by atoms with van der Waals surface area (Å²) in [5.74, 6) is 0.691. The van der Waals surface area contributed by atoms with E-state index in [1.54, 1.807) is 0 Å². The fourth-order valence-corrected chi connectivity index (χ4v) is 5.90. The summed E-state index contributed by atoms with van der Waals surface area (Å²) in [5.41, 5.74) is 0. The molecule has 3 aliphatic rings.